The quantitative estimate of drug-likeness (QED) is 0.280. The Labute approximate surface area is 209 Å². The van der Waals surface area contributed by atoms with E-state index in [2.05, 4.69) is 10.6 Å². The molecular formula is C27H26FN3O4S. The minimum atomic E-state index is -2.62. The van der Waals surface area contributed by atoms with E-state index in [1.807, 2.05) is 41.1 Å². The molecule has 1 aliphatic heterocycles. The molecule has 0 bridgehead atoms. The molecule has 2 heterocycles. The van der Waals surface area contributed by atoms with Crippen LogP contribution in [0.4, 0.5) is 10.1 Å². The summed E-state index contributed by atoms with van der Waals surface area (Å²) in [6.07, 6.45) is 2.45. The van der Waals surface area contributed by atoms with Crippen LogP contribution in [0.5, 0.6) is 0 Å². The zero-order chi connectivity index (χ0) is 25.4. The van der Waals surface area contributed by atoms with Crippen molar-refractivity contribution in [1.29, 1.82) is 0 Å². The number of carbonyl (C=O) groups excluding carboxylic acids is 2. The van der Waals surface area contributed by atoms with Gasteiger partial charge >= 0.3 is 0 Å². The lowest BCUT2D eigenvalue weighted by atomic mass is 10.0. The average Bonchev–Trinajstić information content (AvgIpc) is 3.38. The minimum Gasteiger partial charge on any atom is -0.348 e. The lowest BCUT2D eigenvalue weighted by Crippen LogP contribution is -2.35. The van der Waals surface area contributed by atoms with Crippen molar-refractivity contribution in [3.05, 3.63) is 84.3 Å². The summed E-state index contributed by atoms with van der Waals surface area (Å²) in [6, 6.07) is 18.7. The fraction of sp³-hybridized carbons (Fsp3) is 0.185. The normalized spacial score (nSPS) is 17.6. The molecule has 1 aromatic heterocycles. The maximum atomic E-state index is 13.6. The smallest absolute Gasteiger partial charge is 0.251 e. The fourth-order valence-electron chi connectivity index (χ4n) is 4.58. The molecule has 9 heteroatoms. The number of hydrogen-bond acceptors (Lipinski definition) is 4. The van der Waals surface area contributed by atoms with Gasteiger partial charge in [-0.25, -0.2) is 4.39 Å². The molecule has 36 heavy (non-hydrogen) atoms. The molecule has 1 aliphatic rings. The standard InChI is InChI=1S/C27H26FN3O4S/c1-17(32)29-21-4-2-3-18(13-21)25-15-31(23-8-6-20(28)7-9-23)26-14-19(5-10-24(25)26)27(33)30-22-11-12-36(34,35)16-22/h2-10,13-15,22,34-35H,11-12,16H2,1H3,(H,29,32)(H,30,33). The van der Waals surface area contributed by atoms with E-state index in [0.717, 1.165) is 27.7 Å². The number of nitrogens with one attached hydrogen (secondary N) is 2. The Kier molecular flexibility index (Phi) is 6.29. The second-order valence-corrected chi connectivity index (χ2v) is 11.4. The van der Waals surface area contributed by atoms with Crippen molar-refractivity contribution in [2.24, 2.45) is 0 Å². The van der Waals surface area contributed by atoms with Crippen LogP contribution in [-0.4, -0.2) is 43.0 Å². The van der Waals surface area contributed by atoms with Gasteiger partial charge in [-0.2, -0.15) is 10.6 Å². The highest BCUT2D eigenvalue weighted by Gasteiger charge is 2.29. The fourth-order valence-corrected chi connectivity index (χ4v) is 6.31. The summed E-state index contributed by atoms with van der Waals surface area (Å²) in [5.41, 5.74) is 4.35. The van der Waals surface area contributed by atoms with E-state index in [9.17, 15) is 23.1 Å². The first kappa shape index (κ1) is 24.1. The molecule has 0 aliphatic carbocycles. The maximum Gasteiger partial charge on any atom is 0.251 e. The number of hydrogen-bond donors (Lipinski definition) is 4. The van der Waals surface area contributed by atoms with Crippen LogP contribution in [0.1, 0.15) is 23.7 Å². The summed E-state index contributed by atoms with van der Waals surface area (Å²) in [7, 11) is -2.62. The second-order valence-electron chi connectivity index (χ2n) is 9.02. The number of aromatic nitrogens is 1. The van der Waals surface area contributed by atoms with E-state index >= 15 is 0 Å². The Morgan fingerprint density at radius 3 is 2.53 bits per heavy atom. The third-order valence-electron chi connectivity index (χ3n) is 6.26. The molecule has 1 fully saturated rings. The van der Waals surface area contributed by atoms with Crippen molar-refractivity contribution in [2.45, 2.75) is 19.4 Å². The second kappa shape index (κ2) is 9.42. The summed E-state index contributed by atoms with van der Waals surface area (Å²) in [6.45, 7) is 1.45. The van der Waals surface area contributed by atoms with Crippen molar-refractivity contribution in [1.82, 2.24) is 9.88 Å². The molecule has 2 amide bonds. The van der Waals surface area contributed by atoms with Crippen molar-refractivity contribution in [3.8, 4) is 16.8 Å². The van der Waals surface area contributed by atoms with Gasteiger partial charge in [0.2, 0.25) is 5.91 Å². The molecule has 4 aromatic rings. The number of rotatable bonds is 5. The molecule has 3 aromatic carbocycles. The molecule has 1 saturated heterocycles. The van der Waals surface area contributed by atoms with E-state index in [-0.39, 0.29) is 29.4 Å². The first-order valence-corrected chi connectivity index (χ1v) is 13.4. The van der Waals surface area contributed by atoms with Crippen molar-refractivity contribution in [3.63, 3.8) is 0 Å². The number of amides is 2. The van der Waals surface area contributed by atoms with Crippen LogP contribution in [0, 0.1) is 5.82 Å². The monoisotopic (exact) mass is 507 g/mol. The highest BCUT2D eigenvalue weighted by Crippen LogP contribution is 2.45. The summed E-state index contributed by atoms with van der Waals surface area (Å²) in [4.78, 5) is 24.5. The number of benzene rings is 3. The molecule has 0 saturated carbocycles. The number of fused-ring (bicyclic) bond motifs is 1. The van der Waals surface area contributed by atoms with Crippen LogP contribution in [0.15, 0.2) is 72.9 Å². The first-order chi connectivity index (χ1) is 17.2. The Hall–Kier alpha value is -3.66. The molecule has 186 valence electrons. The van der Waals surface area contributed by atoms with E-state index < -0.39 is 10.6 Å². The predicted octanol–water partition coefficient (Wildman–Crippen LogP) is 5.65. The van der Waals surface area contributed by atoms with Gasteiger partial charge in [0.1, 0.15) is 5.82 Å². The van der Waals surface area contributed by atoms with E-state index in [1.54, 1.807) is 24.3 Å². The summed E-state index contributed by atoms with van der Waals surface area (Å²) < 4.78 is 35.3. The van der Waals surface area contributed by atoms with Gasteiger partial charge in [-0.1, -0.05) is 18.2 Å². The summed E-state index contributed by atoms with van der Waals surface area (Å²) in [5.74, 6) is -0.339. The Morgan fingerprint density at radius 2 is 1.83 bits per heavy atom. The zero-order valence-electron chi connectivity index (χ0n) is 19.6. The van der Waals surface area contributed by atoms with Crippen LogP contribution in [-0.2, 0) is 4.79 Å². The largest absolute Gasteiger partial charge is 0.348 e. The molecule has 7 nitrogen and oxygen atoms in total. The van der Waals surface area contributed by atoms with Crippen molar-refractivity contribution >= 4 is 39.0 Å². The summed E-state index contributed by atoms with van der Waals surface area (Å²) in [5, 5.41) is 6.59. The Morgan fingerprint density at radius 1 is 1.06 bits per heavy atom. The van der Waals surface area contributed by atoms with E-state index in [0.29, 0.717) is 23.4 Å². The molecule has 4 N–H and O–H groups in total. The SMILES string of the molecule is CC(=O)Nc1cccc(-c2cn(-c3ccc(F)cc3)c3cc(C(=O)NC4CCS(O)(O)C4)ccc23)c1. The third-order valence-corrected chi connectivity index (χ3v) is 8.09. The van der Waals surface area contributed by atoms with Gasteiger partial charge < -0.3 is 15.2 Å². The lowest BCUT2D eigenvalue weighted by molar-refractivity contribution is -0.114. The van der Waals surface area contributed by atoms with Gasteiger partial charge in [-0.05, 0) is 60.5 Å². The van der Waals surface area contributed by atoms with E-state index in [4.69, 9.17) is 0 Å². The number of carbonyl (C=O) groups is 2. The molecule has 1 unspecified atom stereocenters. The Balaban J connectivity index is 1.57. The van der Waals surface area contributed by atoms with Crippen molar-refractivity contribution in [2.75, 3.05) is 16.8 Å². The Bertz CT molecular complexity index is 1470. The third kappa shape index (κ3) is 4.99. The van der Waals surface area contributed by atoms with Crippen LogP contribution in [0.2, 0.25) is 0 Å². The topological polar surface area (TPSA) is 104 Å². The van der Waals surface area contributed by atoms with E-state index in [1.165, 1.54) is 19.1 Å². The van der Waals surface area contributed by atoms with Gasteiger partial charge in [-0.3, -0.25) is 18.7 Å². The molecular weight excluding hydrogens is 481 g/mol. The van der Waals surface area contributed by atoms with Crippen LogP contribution < -0.4 is 10.6 Å². The zero-order valence-corrected chi connectivity index (χ0v) is 20.4. The van der Waals surface area contributed by atoms with Crippen LogP contribution in [0.3, 0.4) is 0 Å². The van der Waals surface area contributed by atoms with Crippen LogP contribution in [0.25, 0.3) is 27.7 Å². The average molecular weight is 508 g/mol. The number of halogens is 1. The number of anilines is 1. The molecule has 1 atom stereocenters. The van der Waals surface area contributed by atoms with Crippen LogP contribution >= 0.6 is 10.6 Å². The van der Waals surface area contributed by atoms with Gasteiger partial charge in [0, 0.05) is 52.8 Å². The van der Waals surface area contributed by atoms with Gasteiger partial charge in [-0.15, -0.1) is 0 Å². The first-order valence-electron chi connectivity index (χ1n) is 11.5. The van der Waals surface area contributed by atoms with Crippen molar-refractivity contribution < 1.29 is 23.1 Å². The molecule has 0 radical (unpaired) electrons. The molecule has 0 spiro atoms. The minimum absolute atomic E-state index is 0.167. The van der Waals surface area contributed by atoms with Gasteiger partial charge in [0.15, 0.2) is 0 Å². The summed E-state index contributed by atoms with van der Waals surface area (Å²) >= 11 is 0. The maximum absolute atomic E-state index is 13.6. The lowest BCUT2D eigenvalue weighted by Gasteiger charge is -2.26. The highest BCUT2D eigenvalue weighted by atomic mass is 32.3. The highest BCUT2D eigenvalue weighted by molar-refractivity contribution is 8.24. The molecule has 5 rings (SSSR count). The van der Waals surface area contributed by atoms with Gasteiger partial charge in [0.05, 0.1) is 11.3 Å². The predicted molar refractivity (Wildman–Crippen MR) is 141 cm³/mol. The number of nitrogens with zero attached hydrogens (tertiary/aromatic N) is 1. The van der Waals surface area contributed by atoms with Gasteiger partial charge in [0.25, 0.3) is 5.91 Å².